The van der Waals surface area contributed by atoms with Crippen molar-refractivity contribution in [3.8, 4) is 0 Å². The molecule has 1 amide bonds. The molecule has 3 N–H and O–H groups in total. The zero-order chi connectivity index (χ0) is 27.5. The van der Waals surface area contributed by atoms with Crippen LogP contribution in [0.25, 0.3) is 10.9 Å². The average Bonchev–Trinajstić information content (AvgIpc) is 2.93. The number of carboxylic acids is 1. The van der Waals surface area contributed by atoms with E-state index in [4.69, 9.17) is 5.11 Å². The first kappa shape index (κ1) is 27.6. The first-order valence-corrected chi connectivity index (χ1v) is 14.8. The number of hydrogen-bond acceptors (Lipinski definition) is 5. The highest BCUT2D eigenvalue weighted by Crippen LogP contribution is 2.39. The predicted octanol–water partition coefficient (Wildman–Crippen LogP) is 3.43. The van der Waals surface area contributed by atoms with Crippen LogP contribution in [0, 0.1) is 17.8 Å². The molecule has 6 rings (SSSR count). The maximum atomic E-state index is 13.4. The molecule has 2 saturated heterocycles. The summed E-state index contributed by atoms with van der Waals surface area (Å²) in [5, 5.41) is 15.0. The maximum Gasteiger partial charge on any atom is 0.332 e. The summed E-state index contributed by atoms with van der Waals surface area (Å²) in [5.41, 5.74) is -0.492. The van der Waals surface area contributed by atoms with Gasteiger partial charge in [-0.3, -0.25) is 23.5 Å². The summed E-state index contributed by atoms with van der Waals surface area (Å²) in [6.45, 7) is 1.31. The van der Waals surface area contributed by atoms with Gasteiger partial charge in [0, 0.05) is 18.1 Å². The van der Waals surface area contributed by atoms with Gasteiger partial charge in [-0.05, 0) is 62.0 Å². The highest BCUT2D eigenvalue weighted by Gasteiger charge is 2.37. The van der Waals surface area contributed by atoms with Crippen LogP contribution in [-0.2, 0) is 16.1 Å². The number of carbonyl (C=O) groups excluding carboxylic acids is 1. The van der Waals surface area contributed by atoms with E-state index in [2.05, 4.69) is 17.6 Å². The van der Waals surface area contributed by atoms with Crippen molar-refractivity contribution in [1.29, 1.82) is 0 Å². The lowest BCUT2D eigenvalue weighted by molar-refractivity contribution is -0.138. The van der Waals surface area contributed by atoms with E-state index in [0.717, 1.165) is 24.7 Å². The molecule has 4 fully saturated rings. The van der Waals surface area contributed by atoms with Crippen molar-refractivity contribution in [3.05, 3.63) is 45.1 Å². The Morgan fingerprint density at radius 1 is 0.974 bits per heavy atom. The van der Waals surface area contributed by atoms with Crippen LogP contribution in [0.3, 0.4) is 0 Å². The second-order valence-corrected chi connectivity index (χ2v) is 12.2. The molecular formula is C30H42N4O5. The summed E-state index contributed by atoms with van der Waals surface area (Å²) in [6, 6.07) is 7.01. The molecule has 9 heteroatoms. The smallest absolute Gasteiger partial charge is 0.332 e. The van der Waals surface area contributed by atoms with Gasteiger partial charge in [-0.25, -0.2) is 4.79 Å². The number of carbonyl (C=O) groups is 2. The van der Waals surface area contributed by atoms with Gasteiger partial charge in [-0.15, -0.1) is 0 Å². The molecule has 2 aliphatic heterocycles. The molecule has 4 aliphatic rings. The Bertz CT molecular complexity index is 1300. The minimum Gasteiger partial charge on any atom is -0.480 e. The molecule has 1 aromatic carbocycles. The van der Waals surface area contributed by atoms with E-state index < -0.39 is 24.1 Å². The second-order valence-electron chi connectivity index (χ2n) is 12.2. The molecule has 2 aliphatic carbocycles. The van der Waals surface area contributed by atoms with Crippen LogP contribution in [0.2, 0.25) is 0 Å². The van der Waals surface area contributed by atoms with E-state index in [0.29, 0.717) is 29.7 Å². The van der Waals surface area contributed by atoms with Gasteiger partial charge in [-0.2, -0.15) is 0 Å². The third-order valence-electron chi connectivity index (χ3n) is 9.49. The first-order valence-electron chi connectivity index (χ1n) is 14.8. The minimum atomic E-state index is -1.17. The Labute approximate surface area is 229 Å². The van der Waals surface area contributed by atoms with Gasteiger partial charge in [-0.1, -0.05) is 57.6 Å². The zero-order valence-electron chi connectivity index (χ0n) is 22.9. The van der Waals surface area contributed by atoms with Gasteiger partial charge in [0.25, 0.3) is 5.56 Å². The van der Waals surface area contributed by atoms with Gasteiger partial charge in [0.05, 0.1) is 10.9 Å². The third-order valence-corrected chi connectivity index (χ3v) is 9.49. The number of nitrogens with one attached hydrogen (secondary N) is 2. The Morgan fingerprint density at radius 3 is 2.33 bits per heavy atom. The molecule has 39 heavy (non-hydrogen) atoms. The molecule has 0 radical (unpaired) electrons. The van der Waals surface area contributed by atoms with Crippen LogP contribution in [0.1, 0.15) is 83.6 Å². The van der Waals surface area contributed by atoms with Gasteiger partial charge in [0.15, 0.2) is 0 Å². The Morgan fingerprint density at radius 2 is 1.67 bits per heavy atom. The number of nitrogens with zero attached hydrogens (tertiary/aromatic N) is 2. The van der Waals surface area contributed by atoms with Crippen LogP contribution >= 0.6 is 0 Å². The highest BCUT2D eigenvalue weighted by atomic mass is 16.4. The van der Waals surface area contributed by atoms with Gasteiger partial charge >= 0.3 is 11.7 Å². The van der Waals surface area contributed by atoms with Crippen molar-refractivity contribution < 1.29 is 14.7 Å². The molecule has 3 heterocycles. The maximum absolute atomic E-state index is 13.4. The zero-order valence-corrected chi connectivity index (χ0v) is 22.9. The summed E-state index contributed by atoms with van der Waals surface area (Å²) in [6.07, 6.45) is 14.4. The summed E-state index contributed by atoms with van der Waals surface area (Å²) in [4.78, 5) is 49.6. The number of rotatable bonds is 5. The van der Waals surface area contributed by atoms with E-state index in [-0.39, 0.29) is 30.2 Å². The van der Waals surface area contributed by atoms with Crippen molar-refractivity contribution >= 4 is 22.8 Å². The molecule has 0 spiro atoms. The van der Waals surface area contributed by atoms with E-state index in [1.165, 1.54) is 22.0 Å². The summed E-state index contributed by atoms with van der Waals surface area (Å²) in [5.74, 6) is 1.02. The Kier molecular flexibility index (Phi) is 8.54. The Hall–Kier alpha value is -2.94. The van der Waals surface area contributed by atoms with Crippen molar-refractivity contribution in [3.63, 3.8) is 0 Å². The molecule has 9 nitrogen and oxygen atoms in total. The normalized spacial score (nSPS) is 29.7. The van der Waals surface area contributed by atoms with Crippen molar-refractivity contribution in [2.45, 2.75) is 102 Å². The van der Waals surface area contributed by atoms with Crippen LogP contribution in [0.4, 0.5) is 0 Å². The molecule has 4 atom stereocenters. The lowest BCUT2D eigenvalue weighted by Gasteiger charge is -2.44. The lowest BCUT2D eigenvalue weighted by atomic mass is 9.72. The fraction of sp³-hybridized carbons (Fsp3) is 0.667. The van der Waals surface area contributed by atoms with Crippen LogP contribution < -0.4 is 21.9 Å². The lowest BCUT2D eigenvalue weighted by Crippen LogP contribution is -2.55. The van der Waals surface area contributed by atoms with Crippen LogP contribution in [0.15, 0.2) is 33.9 Å². The van der Waals surface area contributed by atoms with E-state index in [1.807, 2.05) is 0 Å². The van der Waals surface area contributed by atoms with Crippen molar-refractivity contribution in [2.24, 2.45) is 17.8 Å². The minimum absolute atomic E-state index is 0.234. The van der Waals surface area contributed by atoms with Gasteiger partial charge in [0.2, 0.25) is 5.91 Å². The van der Waals surface area contributed by atoms with Crippen LogP contribution in [0.5, 0.6) is 0 Å². The van der Waals surface area contributed by atoms with Gasteiger partial charge in [0.1, 0.15) is 13.1 Å². The van der Waals surface area contributed by atoms with E-state index in [9.17, 15) is 19.2 Å². The summed E-state index contributed by atoms with van der Waals surface area (Å²) < 4.78 is 2.58. The fourth-order valence-electron chi connectivity index (χ4n) is 7.44. The number of piperidine rings is 2. The Balaban J connectivity index is 0.000000287. The molecular weight excluding hydrogens is 496 g/mol. The molecule has 4 bridgehead atoms. The number of aromatic nitrogens is 2. The summed E-state index contributed by atoms with van der Waals surface area (Å²) >= 11 is 0. The number of fused-ring (bicyclic) bond motifs is 5. The predicted molar refractivity (Wildman–Crippen MR) is 150 cm³/mol. The van der Waals surface area contributed by atoms with Crippen LogP contribution in [-0.4, -0.2) is 44.7 Å². The molecule has 2 aromatic rings. The first-order chi connectivity index (χ1) is 18.8. The molecule has 1 aromatic heterocycles. The molecule has 212 valence electrons. The fourth-order valence-corrected chi connectivity index (χ4v) is 7.44. The van der Waals surface area contributed by atoms with Crippen molar-refractivity contribution in [1.82, 2.24) is 19.8 Å². The number of carboxylic acid groups (broad SMARTS) is 1. The number of para-hydroxylation sites is 1. The third kappa shape index (κ3) is 6.29. The largest absolute Gasteiger partial charge is 0.480 e. The number of hydrogen-bond donors (Lipinski definition) is 3. The number of benzene rings is 1. The monoisotopic (exact) mass is 538 g/mol. The topological polar surface area (TPSA) is 122 Å². The number of amides is 1. The van der Waals surface area contributed by atoms with Gasteiger partial charge < -0.3 is 15.7 Å². The SMILES string of the molecule is C1CC2CCCC(C1)C2.CC1CCC2CC(n3c(=O)c4ccccc4n(CC(=O)NCC(=O)O)c3=O)CC1N2. The summed E-state index contributed by atoms with van der Waals surface area (Å²) in [7, 11) is 0. The second kappa shape index (κ2) is 12.1. The van der Waals surface area contributed by atoms with Crippen molar-refractivity contribution in [2.75, 3.05) is 6.54 Å². The van der Waals surface area contributed by atoms with E-state index in [1.54, 1.807) is 56.4 Å². The number of aliphatic carboxylic acids is 1. The van der Waals surface area contributed by atoms with E-state index >= 15 is 0 Å². The molecule has 2 saturated carbocycles. The molecule has 4 unspecified atom stereocenters. The quantitative estimate of drug-likeness (QED) is 0.536. The average molecular weight is 539 g/mol. The highest BCUT2D eigenvalue weighted by molar-refractivity contribution is 5.83. The standard InChI is InChI=1S/C21H26N4O5.C9H16/c1-12-6-7-13-8-14(9-16(12)23-13)25-20(29)15-4-2-3-5-17(15)24(21(25)30)11-18(26)22-10-19(27)28;1-3-8-5-2-6-9(4-1)7-8/h2-5,12-14,16,23H,6-11H2,1H3,(H,22,26)(H,27,28);8-9H,1-7H2.